The maximum atomic E-state index is 12.9. The van der Waals surface area contributed by atoms with Crippen LogP contribution in [0, 0.1) is 5.92 Å². The Morgan fingerprint density at radius 3 is 3.00 bits per heavy atom. The molecule has 0 radical (unpaired) electrons. The highest BCUT2D eigenvalue weighted by Gasteiger charge is 2.42. The van der Waals surface area contributed by atoms with Crippen molar-refractivity contribution in [1.82, 2.24) is 21.1 Å². The Balaban J connectivity index is 0.00000156. The van der Waals surface area contributed by atoms with Gasteiger partial charge in [-0.15, -0.1) is 12.4 Å². The van der Waals surface area contributed by atoms with Crippen LogP contribution in [0.1, 0.15) is 17.5 Å². The lowest BCUT2D eigenvalue weighted by atomic mass is 9.88. The standard InChI is InChI=1S/C16H21ClN4O.ClH/c17-12-2-1-10-4-6-21(9-11(10)7-12)16(22)15-13-8-18-5-3-14(13)19-20-15;/h1-2,7,13-15,18-20H,3-6,8-9H2;1H. The van der Waals surface area contributed by atoms with Gasteiger partial charge in [0, 0.05) is 36.6 Å². The lowest BCUT2D eigenvalue weighted by Crippen LogP contribution is -2.51. The second kappa shape index (κ2) is 6.95. The second-order valence-corrected chi connectivity index (χ2v) is 6.89. The van der Waals surface area contributed by atoms with E-state index in [0.717, 1.165) is 37.5 Å². The SMILES string of the molecule is Cl.O=C(C1NNC2CCNCC21)N1CCc2ccc(Cl)cc2C1. The molecule has 3 atom stereocenters. The van der Waals surface area contributed by atoms with Gasteiger partial charge in [-0.3, -0.25) is 10.2 Å². The van der Waals surface area contributed by atoms with Crippen LogP contribution in [0.5, 0.6) is 0 Å². The molecule has 3 unspecified atom stereocenters. The molecule has 1 aromatic rings. The minimum absolute atomic E-state index is 0. The van der Waals surface area contributed by atoms with Gasteiger partial charge in [0.2, 0.25) is 5.91 Å². The van der Waals surface area contributed by atoms with Gasteiger partial charge in [-0.2, -0.15) is 0 Å². The molecule has 0 aliphatic carbocycles. The zero-order valence-electron chi connectivity index (χ0n) is 12.8. The van der Waals surface area contributed by atoms with E-state index in [-0.39, 0.29) is 24.4 Å². The average Bonchev–Trinajstić information content (AvgIpc) is 2.97. The van der Waals surface area contributed by atoms with Crippen LogP contribution in [0.15, 0.2) is 18.2 Å². The summed E-state index contributed by atoms with van der Waals surface area (Å²) >= 11 is 6.09. The maximum absolute atomic E-state index is 12.9. The van der Waals surface area contributed by atoms with Crippen LogP contribution in [0.4, 0.5) is 0 Å². The Kier molecular flexibility index (Phi) is 5.13. The van der Waals surface area contributed by atoms with Crippen LogP contribution >= 0.6 is 24.0 Å². The summed E-state index contributed by atoms with van der Waals surface area (Å²) < 4.78 is 0. The predicted molar refractivity (Wildman–Crippen MR) is 92.6 cm³/mol. The molecule has 1 aromatic carbocycles. The molecule has 1 amide bonds. The van der Waals surface area contributed by atoms with E-state index in [1.165, 1.54) is 11.1 Å². The van der Waals surface area contributed by atoms with Crippen LogP contribution in [0.3, 0.4) is 0 Å². The first-order chi connectivity index (χ1) is 10.7. The fraction of sp³-hybridized carbons (Fsp3) is 0.562. The molecule has 0 aromatic heterocycles. The molecule has 0 saturated carbocycles. The van der Waals surface area contributed by atoms with Crippen molar-refractivity contribution in [3.05, 3.63) is 34.3 Å². The normalized spacial score (nSPS) is 29.4. The van der Waals surface area contributed by atoms with Crippen LogP contribution in [-0.2, 0) is 17.8 Å². The monoisotopic (exact) mass is 356 g/mol. The van der Waals surface area contributed by atoms with Crippen LogP contribution in [-0.4, -0.2) is 42.5 Å². The second-order valence-electron chi connectivity index (χ2n) is 6.45. The minimum atomic E-state index is -0.126. The summed E-state index contributed by atoms with van der Waals surface area (Å²) in [6.07, 6.45) is 1.98. The molecule has 126 valence electrons. The van der Waals surface area contributed by atoms with Gasteiger partial charge in [-0.1, -0.05) is 17.7 Å². The maximum Gasteiger partial charge on any atom is 0.241 e. The average molecular weight is 357 g/mol. The van der Waals surface area contributed by atoms with Gasteiger partial charge in [-0.05, 0) is 42.6 Å². The number of hydrogen-bond donors (Lipinski definition) is 3. The van der Waals surface area contributed by atoms with Crippen LogP contribution in [0.25, 0.3) is 0 Å². The highest BCUT2D eigenvalue weighted by molar-refractivity contribution is 6.30. The Morgan fingerprint density at radius 1 is 1.26 bits per heavy atom. The summed E-state index contributed by atoms with van der Waals surface area (Å²) in [6.45, 7) is 3.37. The highest BCUT2D eigenvalue weighted by Crippen LogP contribution is 2.26. The van der Waals surface area contributed by atoms with Crippen LogP contribution in [0.2, 0.25) is 5.02 Å². The van der Waals surface area contributed by atoms with E-state index in [4.69, 9.17) is 11.6 Å². The van der Waals surface area contributed by atoms with E-state index in [9.17, 15) is 4.79 Å². The molecule has 2 fully saturated rings. The number of amides is 1. The first-order valence-electron chi connectivity index (χ1n) is 8.00. The van der Waals surface area contributed by atoms with Crippen molar-refractivity contribution in [2.45, 2.75) is 31.5 Å². The number of halogens is 2. The zero-order valence-corrected chi connectivity index (χ0v) is 14.4. The smallest absolute Gasteiger partial charge is 0.241 e. The number of carbonyl (C=O) groups excluding carboxylic acids is 1. The summed E-state index contributed by atoms with van der Waals surface area (Å²) in [7, 11) is 0. The number of hydrogen-bond acceptors (Lipinski definition) is 4. The first kappa shape index (κ1) is 17.0. The quantitative estimate of drug-likeness (QED) is 0.705. The number of nitrogens with one attached hydrogen (secondary N) is 3. The summed E-state index contributed by atoms with van der Waals surface area (Å²) in [4.78, 5) is 14.9. The number of piperidine rings is 1. The molecule has 5 nitrogen and oxygen atoms in total. The molecule has 2 saturated heterocycles. The van der Waals surface area contributed by atoms with Gasteiger partial charge in [0.1, 0.15) is 6.04 Å². The van der Waals surface area contributed by atoms with Crippen molar-refractivity contribution in [3.8, 4) is 0 Å². The Labute approximate surface area is 147 Å². The van der Waals surface area contributed by atoms with Crippen molar-refractivity contribution in [2.75, 3.05) is 19.6 Å². The largest absolute Gasteiger partial charge is 0.337 e. The van der Waals surface area contributed by atoms with E-state index in [1.54, 1.807) is 0 Å². The fourth-order valence-corrected chi connectivity index (χ4v) is 4.07. The van der Waals surface area contributed by atoms with Crippen molar-refractivity contribution >= 4 is 29.9 Å². The molecule has 0 bridgehead atoms. The third kappa shape index (κ3) is 3.21. The van der Waals surface area contributed by atoms with E-state index >= 15 is 0 Å². The number of fused-ring (bicyclic) bond motifs is 2. The fourth-order valence-electron chi connectivity index (χ4n) is 3.87. The molecular weight excluding hydrogens is 335 g/mol. The van der Waals surface area contributed by atoms with Gasteiger partial charge < -0.3 is 10.2 Å². The van der Waals surface area contributed by atoms with Gasteiger partial charge >= 0.3 is 0 Å². The van der Waals surface area contributed by atoms with Crippen molar-refractivity contribution in [2.24, 2.45) is 5.92 Å². The Hall–Kier alpha value is -0.850. The topological polar surface area (TPSA) is 56.4 Å². The zero-order chi connectivity index (χ0) is 15.1. The first-order valence-corrected chi connectivity index (χ1v) is 8.38. The van der Waals surface area contributed by atoms with Gasteiger partial charge in [0.25, 0.3) is 0 Å². The molecule has 3 N–H and O–H groups in total. The number of carbonyl (C=O) groups is 1. The van der Waals surface area contributed by atoms with Crippen LogP contribution < -0.4 is 16.2 Å². The Bertz CT molecular complexity index is 597. The van der Waals surface area contributed by atoms with Crippen molar-refractivity contribution in [1.29, 1.82) is 0 Å². The predicted octanol–water partition coefficient (Wildman–Crippen LogP) is 1.10. The molecule has 3 aliphatic rings. The highest BCUT2D eigenvalue weighted by atomic mass is 35.5. The molecular formula is C16H22Cl2N4O. The molecule has 7 heteroatoms. The number of rotatable bonds is 1. The van der Waals surface area contributed by atoms with E-state index in [1.807, 2.05) is 17.0 Å². The molecule has 0 spiro atoms. The molecule has 23 heavy (non-hydrogen) atoms. The number of hydrazine groups is 1. The summed E-state index contributed by atoms with van der Waals surface area (Å²) in [6, 6.07) is 6.27. The number of nitrogens with zero attached hydrogens (tertiary/aromatic N) is 1. The van der Waals surface area contributed by atoms with Gasteiger partial charge in [-0.25, -0.2) is 5.43 Å². The molecule has 3 aliphatic heterocycles. The van der Waals surface area contributed by atoms with E-state index in [0.29, 0.717) is 18.5 Å². The van der Waals surface area contributed by atoms with E-state index < -0.39 is 0 Å². The molecule has 4 rings (SSSR count). The molecule has 3 heterocycles. The lowest BCUT2D eigenvalue weighted by Gasteiger charge is -2.33. The minimum Gasteiger partial charge on any atom is -0.337 e. The van der Waals surface area contributed by atoms with Gasteiger partial charge in [0.15, 0.2) is 0 Å². The third-order valence-electron chi connectivity index (χ3n) is 5.14. The summed E-state index contributed by atoms with van der Waals surface area (Å²) in [5.74, 6) is 0.538. The Morgan fingerprint density at radius 2 is 2.13 bits per heavy atom. The van der Waals surface area contributed by atoms with Gasteiger partial charge in [0.05, 0.1) is 0 Å². The summed E-state index contributed by atoms with van der Waals surface area (Å²) in [5, 5.41) is 4.14. The van der Waals surface area contributed by atoms with Crippen molar-refractivity contribution in [3.63, 3.8) is 0 Å². The lowest BCUT2D eigenvalue weighted by molar-refractivity contribution is -0.135. The summed E-state index contributed by atoms with van der Waals surface area (Å²) in [5.41, 5.74) is 9.01. The number of benzene rings is 1. The van der Waals surface area contributed by atoms with Crippen molar-refractivity contribution < 1.29 is 4.79 Å². The van der Waals surface area contributed by atoms with E-state index in [2.05, 4.69) is 22.2 Å². The third-order valence-corrected chi connectivity index (χ3v) is 5.37.